The molecule has 3 N–H and O–H groups in total. The zero-order valence-electron chi connectivity index (χ0n) is 21.5. The van der Waals surface area contributed by atoms with Crippen molar-refractivity contribution in [2.24, 2.45) is 0 Å². The Bertz CT molecular complexity index is 1510. The van der Waals surface area contributed by atoms with Crippen molar-refractivity contribution < 1.29 is 14.3 Å². The van der Waals surface area contributed by atoms with Crippen molar-refractivity contribution in [3.63, 3.8) is 0 Å². The number of aromatic amines is 1. The van der Waals surface area contributed by atoms with E-state index in [0.29, 0.717) is 55.7 Å². The SMILES string of the molecule is C=CC(=O)N1CCN(c2nc(NCCC(=O)NC)nc3c(Oc4c(C)ccc5[nH]ncc45)cccc23)CC1. The number of para-hydroxylation sites is 1. The number of piperazine rings is 1. The van der Waals surface area contributed by atoms with Crippen molar-refractivity contribution in [1.82, 2.24) is 30.4 Å². The lowest BCUT2D eigenvalue weighted by Crippen LogP contribution is -2.48. The zero-order valence-corrected chi connectivity index (χ0v) is 21.5. The topological polar surface area (TPSA) is 128 Å². The molecule has 0 radical (unpaired) electrons. The van der Waals surface area contributed by atoms with Crippen molar-refractivity contribution in [3.05, 3.63) is 54.7 Å². The van der Waals surface area contributed by atoms with E-state index in [1.807, 2.05) is 37.3 Å². The summed E-state index contributed by atoms with van der Waals surface area (Å²) in [5.41, 5.74) is 2.49. The Labute approximate surface area is 219 Å². The van der Waals surface area contributed by atoms with Gasteiger partial charge in [0.2, 0.25) is 17.8 Å². The second kappa shape index (κ2) is 10.8. The lowest BCUT2D eigenvalue weighted by atomic mass is 10.1. The van der Waals surface area contributed by atoms with Crippen LogP contribution in [0.15, 0.2) is 49.2 Å². The Balaban J connectivity index is 1.54. The summed E-state index contributed by atoms with van der Waals surface area (Å²) in [6.07, 6.45) is 3.38. The molecule has 4 aromatic rings. The Morgan fingerprint density at radius 3 is 2.71 bits per heavy atom. The van der Waals surface area contributed by atoms with E-state index in [9.17, 15) is 9.59 Å². The largest absolute Gasteiger partial charge is 0.454 e. The van der Waals surface area contributed by atoms with Crippen molar-refractivity contribution in [1.29, 1.82) is 0 Å². The summed E-state index contributed by atoms with van der Waals surface area (Å²) in [7, 11) is 1.61. The molecule has 196 valence electrons. The molecule has 11 heteroatoms. The van der Waals surface area contributed by atoms with Gasteiger partial charge < -0.3 is 25.2 Å². The molecule has 1 saturated heterocycles. The van der Waals surface area contributed by atoms with Gasteiger partial charge in [-0.2, -0.15) is 10.1 Å². The molecule has 2 aromatic heterocycles. The van der Waals surface area contributed by atoms with Gasteiger partial charge in [0, 0.05) is 51.6 Å². The Kier molecular flexibility index (Phi) is 7.07. The second-order valence-corrected chi connectivity index (χ2v) is 9.03. The van der Waals surface area contributed by atoms with E-state index in [0.717, 1.165) is 27.7 Å². The van der Waals surface area contributed by atoms with Gasteiger partial charge in [-0.05, 0) is 36.8 Å². The number of hydrogen-bond donors (Lipinski definition) is 3. The molecule has 1 aliphatic rings. The van der Waals surface area contributed by atoms with Crippen LogP contribution in [0.4, 0.5) is 11.8 Å². The van der Waals surface area contributed by atoms with Crippen LogP contribution >= 0.6 is 0 Å². The number of carbonyl (C=O) groups is 2. The monoisotopic (exact) mass is 514 g/mol. The first-order chi connectivity index (χ1) is 18.5. The average Bonchev–Trinajstić information content (AvgIpc) is 3.43. The van der Waals surface area contributed by atoms with E-state index in [1.54, 1.807) is 18.1 Å². The summed E-state index contributed by atoms with van der Waals surface area (Å²) < 4.78 is 6.49. The second-order valence-electron chi connectivity index (χ2n) is 9.03. The van der Waals surface area contributed by atoms with Crippen LogP contribution in [0.1, 0.15) is 12.0 Å². The van der Waals surface area contributed by atoms with E-state index in [4.69, 9.17) is 14.7 Å². The predicted octanol–water partition coefficient (Wildman–Crippen LogP) is 2.99. The van der Waals surface area contributed by atoms with Crippen LogP contribution in [0.25, 0.3) is 21.8 Å². The number of anilines is 2. The summed E-state index contributed by atoms with van der Waals surface area (Å²) in [5, 5.41) is 14.7. The fourth-order valence-electron chi connectivity index (χ4n) is 4.54. The first-order valence-corrected chi connectivity index (χ1v) is 12.5. The molecule has 11 nitrogen and oxygen atoms in total. The standard InChI is InChI=1S/C27H30N8O3/c1-4-23(37)34-12-14-35(15-13-34)26-18-6-5-7-21(24(18)31-27(32-26)29-11-10-22(36)28-3)38-25-17(2)8-9-20-19(25)16-30-33-20/h4-9,16H,1,10-15H2,2-3H3,(H,28,36)(H,30,33)(H,29,31,32). The summed E-state index contributed by atoms with van der Waals surface area (Å²) in [5.74, 6) is 2.27. The fourth-order valence-corrected chi connectivity index (χ4v) is 4.54. The number of nitrogens with one attached hydrogen (secondary N) is 3. The number of hydrogen-bond acceptors (Lipinski definition) is 8. The molecule has 0 saturated carbocycles. The van der Waals surface area contributed by atoms with Crippen LogP contribution < -0.4 is 20.3 Å². The summed E-state index contributed by atoms with van der Waals surface area (Å²) in [6.45, 7) is 8.32. The number of rotatable bonds is 8. The van der Waals surface area contributed by atoms with Gasteiger partial charge in [-0.25, -0.2) is 4.98 Å². The van der Waals surface area contributed by atoms with Gasteiger partial charge in [0.05, 0.1) is 17.1 Å². The molecule has 0 aliphatic carbocycles. The van der Waals surface area contributed by atoms with Crippen molar-refractivity contribution >= 4 is 45.4 Å². The Hall–Kier alpha value is -4.67. The highest BCUT2D eigenvalue weighted by molar-refractivity contribution is 5.95. The normalized spacial score (nSPS) is 13.5. The van der Waals surface area contributed by atoms with Gasteiger partial charge in [0.1, 0.15) is 17.1 Å². The maximum absolute atomic E-state index is 12.1. The number of nitrogens with zero attached hydrogens (tertiary/aromatic N) is 5. The highest BCUT2D eigenvalue weighted by Crippen LogP contribution is 2.37. The smallest absolute Gasteiger partial charge is 0.246 e. The van der Waals surface area contributed by atoms with Gasteiger partial charge in [-0.15, -0.1) is 0 Å². The van der Waals surface area contributed by atoms with Crippen molar-refractivity contribution in [3.8, 4) is 11.5 Å². The highest BCUT2D eigenvalue weighted by atomic mass is 16.5. The van der Waals surface area contributed by atoms with Crippen molar-refractivity contribution in [2.45, 2.75) is 13.3 Å². The molecule has 0 spiro atoms. The number of fused-ring (bicyclic) bond motifs is 2. The molecule has 2 aromatic carbocycles. The fraction of sp³-hybridized carbons (Fsp3) is 0.296. The molecular weight excluding hydrogens is 484 g/mol. The highest BCUT2D eigenvalue weighted by Gasteiger charge is 2.24. The first kappa shape index (κ1) is 25.0. The predicted molar refractivity (Wildman–Crippen MR) is 147 cm³/mol. The van der Waals surface area contributed by atoms with Crippen molar-refractivity contribution in [2.75, 3.05) is 50.0 Å². The lowest BCUT2D eigenvalue weighted by molar-refractivity contribution is -0.126. The minimum absolute atomic E-state index is 0.0748. The Morgan fingerprint density at radius 2 is 1.95 bits per heavy atom. The summed E-state index contributed by atoms with van der Waals surface area (Å²) >= 11 is 0. The van der Waals surface area contributed by atoms with E-state index in [-0.39, 0.29) is 18.2 Å². The van der Waals surface area contributed by atoms with E-state index in [1.165, 1.54) is 6.08 Å². The third kappa shape index (κ3) is 4.95. The number of ether oxygens (including phenoxy) is 1. The van der Waals surface area contributed by atoms with Crippen LogP contribution in [-0.2, 0) is 9.59 Å². The zero-order chi connectivity index (χ0) is 26.6. The molecule has 1 fully saturated rings. The number of aromatic nitrogens is 4. The molecule has 3 heterocycles. The van der Waals surface area contributed by atoms with Crippen LogP contribution in [0, 0.1) is 6.92 Å². The maximum atomic E-state index is 12.1. The molecule has 2 amide bonds. The average molecular weight is 515 g/mol. The quantitative estimate of drug-likeness (QED) is 0.306. The number of amides is 2. The number of benzene rings is 2. The number of H-pyrrole nitrogens is 1. The molecule has 5 rings (SSSR count). The van der Waals surface area contributed by atoms with Gasteiger partial charge >= 0.3 is 0 Å². The summed E-state index contributed by atoms with van der Waals surface area (Å²) in [6, 6.07) is 9.73. The van der Waals surface area contributed by atoms with Crippen LogP contribution in [0.5, 0.6) is 11.5 Å². The van der Waals surface area contributed by atoms with Gasteiger partial charge in [0.25, 0.3) is 0 Å². The van der Waals surface area contributed by atoms with Crippen LogP contribution in [0.2, 0.25) is 0 Å². The number of aryl methyl sites for hydroxylation is 1. The third-order valence-corrected chi connectivity index (χ3v) is 6.63. The van der Waals surface area contributed by atoms with Gasteiger partial charge in [-0.3, -0.25) is 14.7 Å². The molecule has 1 aliphatic heterocycles. The first-order valence-electron chi connectivity index (χ1n) is 12.5. The van der Waals surface area contributed by atoms with E-state index in [2.05, 4.69) is 32.3 Å². The molecular formula is C27H30N8O3. The molecule has 38 heavy (non-hydrogen) atoms. The minimum atomic E-state index is -0.0757. The lowest BCUT2D eigenvalue weighted by Gasteiger charge is -2.35. The molecule has 0 bridgehead atoms. The maximum Gasteiger partial charge on any atom is 0.246 e. The minimum Gasteiger partial charge on any atom is -0.454 e. The third-order valence-electron chi connectivity index (χ3n) is 6.63. The molecule has 0 unspecified atom stereocenters. The number of carbonyl (C=O) groups excluding carboxylic acids is 2. The van der Waals surface area contributed by atoms with E-state index >= 15 is 0 Å². The molecule has 0 atom stereocenters. The van der Waals surface area contributed by atoms with Gasteiger partial charge in [0.15, 0.2) is 5.75 Å². The van der Waals surface area contributed by atoms with Gasteiger partial charge in [-0.1, -0.05) is 18.7 Å². The van der Waals surface area contributed by atoms with E-state index < -0.39 is 0 Å². The Morgan fingerprint density at radius 1 is 1.13 bits per heavy atom. The van der Waals surface area contributed by atoms with Crippen LogP contribution in [-0.4, -0.2) is 76.7 Å². The summed E-state index contributed by atoms with van der Waals surface area (Å²) in [4.78, 5) is 37.4. The van der Waals surface area contributed by atoms with Crippen LogP contribution in [0.3, 0.4) is 0 Å².